The number of amides is 2. The number of hydrogen-bond acceptors (Lipinski definition) is 5. The smallest absolute Gasteiger partial charge is 0.322 e. The van der Waals surface area contributed by atoms with Crippen LogP contribution < -0.4 is 16.6 Å². The maximum Gasteiger partial charge on any atom is 0.322 e. The average molecular weight is 355 g/mol. The Balaban J connectivity index is 1.47. The number of aromatic amines is 1. The summed E-state index contributed by atoms with van der Waals surface area (Å²) < 4.78 is 5.46. The summed E-state index contributed by atoms with van der Waals surface area (Å²) in [4.78, 5) is 32.9. The average Bonchev–Trinajstić information content (AvgIpc) is 3.19. The first-order valence-electron chi connectivity index (χ1n) is 8.60. The van der Waals surface area contributed by atoms with Gasteiger partial charge in [0.2, 0.25) is 0 Å². The summed E-state index contributed by atoms with van der Waals surface area (Å²) in [5.74, 6) is 0.775. The maximum atomic E-state index is 12.6. The number of H-pyrrole nitrogens is 1. The molecular formula is C18H21N5O3. The normalized spacial score (nSPS) is 24.5. The van der Waals surface area contributed by atoms with Crippen molar-refractivity contribution >= 4 is 11.7 Å². The summed E-state index contributed by atoms with van der Waals surface area (Å²) in [5.41, 5.74) is 8.01. The molecule has 3 heterocycles. The zero-order chi connectivity index (χ0) is 18.3. The van der Waals surface area contributed by atoms with Crippen molar-refractivity contribution in [3.05, 3.63) is 46.5 Å². The Labute approximate surface area is 150 Å². The number of urea groups is 1. The first-order valence-corrected chi connectivity index (χ1v) is 8.60. The van der Waals surface area contributed by atoms with Crippen LogP contribution in [0.1, 0.15) is 5.82 Å². The molecular weight excluding hydrogens is 334 g/mol. The summed E-state index contributed by atoms with van der Waals surface area (Å²) in [7, 11) is 0. The molecule has 8 heteroatoms. The van der Waals surface area contributed by atoms with E-state index in [0.29, 0.717) is 37.0 Å². The number of nitrogens with zero attached hydrogens (tertiary/aromatic N) is 2. The van der Waals surface area contributed by atoms with E-state index in [-0.39, 0.29) is 29.6 Å². The van der Waals surface area contributed by atoms with Gasteiger partial charge in [-0.1, -0.05) is 12.1 Å². The summed E-state index contributed by atoms with van der Waals surface area (Å²) in [5, 5.41) is 2.91. The molecule has 0 aliphatic carbocycles. The second-order valence-corrected chi connectivity index (χ2v) is 6.81. The van der Waals surface area contributed by atoms with Crippen LogP contribution in [0.5, 0.6) is 0 Å². The molecule has 0 radical (unpaired) electrons. The van der Waals surface area contributed by atoms with Crippen LogP contribution in [0.2, 0.25) is 0 Å². The van der Waals surface area contributed by atoms with Gasteiger partial charge in [-0.2, -0.15) is 0 Å². The first-order chi connectivity index (χ1) is 12.5. The lowest BCUT2D eigenvalue weighted by Crippen LogP contribution is -2.41. The van der Waals surface area contributed by atoms with E-state index in [1.165, 1.54) is 6.07 Å². The van der Waals surface area contributed by atoms with E-state index in [4.69, 9.17) is 10.5 Å². The van der Waals surface area contributed by atoms with Crippen LogP contribution in [-0.4, -0.2) is 52.7 Å². The van der Waals surface area contributed by atoms with E-state index >= 15 is 0 Å². The van der Waals surface area contributed by atoms with Gasteiger partial charge in [-0.05, 0) is 19.1 Å². The monoisotopic (exact) mass is 355 g/mol. The SMILES string of the molecule is Cc1nc(-c2ccc(NC(=O)N3CC(N)C4COCC43)cc2)cc(=O)[nH]1. The van der Waals surface area contributed by atoms with E-state index in [0.717, 1.165) is 5.56 Å². The quantitative estimate of drug-likeness (QED) is 0.742. The fraction of sp³-hybridized carbons (Fsp3) is 0.389. The van der Waals surface area contributed by atoms with Crippen LogP contribution in [0.25, 0.3) is 11.3 Å². The predicted molar refractivity (Wildman–Crippen MR) is 96.8 cm³/mol. The molecule has 2 saturated heterocycles. The largest absolute Gasteiger partial charge is 0.379 e. The van der Waals surface area contributed by atoms with Gasteiger partial charge < -0.3 is 25.7 Å². The number of nitrogens with two attached hydrogens (primary N) is 1. The maximum absolute atomic E-state index is 12.6. The number of nitrogens with one attached hydrogen (secondary N) is 2. The minimum atomic E-state index is -0.191. The number of hydrogen-bond donors (Lipinski definition) is 3. The van der Waals surface area contributed by atoms with Gasteiger partial charge in [-0.15, -0.1) is 0 Å². The highest BCUT2D eigenvalue weighted by Crippen LogP contribution is 2.29. The third-order valence-corrected chi connectivity index (χ3v) is 5.00. The highest BCUT2D eigenvalue weighted by atomic mass is 16.5. The van der Waals surface area contributed by atoms with Crippen molar-refractivity contribution in [3.8, 4) is 11.3 Å². The molecule has 4 rings (SSSR count). The molecule has 2 aromatic rings. The number of aromatic nitrogens is 2. The molecule has 3 unspecified atom stereocenters. The van der Waals surface area contributed by atoms with Crippen molar-refractivity contribution in [2.45, 2.75) is 19.0 Å². The van der Waals surface area contributed by atoms with Gasteiger partial charge in [0.25, 0.3) is 5.56 Å². The van der Waals surface area contributed by atoms with Gasteiger partial charge in [0.1, 0.15) is 5.82 Å². The molecule has 26 heavy (non-hydrogen) atoms. The molecule has 1 aromatic carbocycles. The topological polar surface area (TPSA) is 113 Å². The van der Waals surface area contributed by atoms with Crippen molar-refractivity contribution in [1.29, 1.82) is 0 Å². The van der Waals surface area contributed by atoms with Crippen LogP contribution >= 0.6 is 0 Å². The number of rotatable bonds is 2. The minimum absolute atomic E-state index is 0.0406. The van der Waals surface area contributed by atoms with Crippen molar-refractivity contribution in [1.82, 2.24) is 14.9 Å². The van der Waals surface area contributed by atoms with Gasteiger partial charge >= 0.3 is 6.03 Å². The molecule has 2 amide bonds. The van der Waals surface area contributed by atoms with Gasteiger partial charge in [0, 0.05) is 35.8 Å². The first kappa shape index (κ1) is 16.7. The van der Waals surface area contributed by atoms with Crippen molar-refractivity contribution in [3.63, 3.8) is 0 Å². The van der Waals surface area contributed by atoms with E-state index < -0.39 is 0 Å². The van der Waals surface area contributed by atoms with Gasteiger partial charge in [0.05, 0.1) is 24.9 Å². The van der Waals surface area contributed by atoms with E-state index in [2.05, 4.69) is 15.3 Å². The molecule has 0 bridgehead atoms. The van der Waals surface area contributed by atoms with Crippen LogP contribution in [0, 0.1) is 12.8 Å². The molecule has 2 aliphatic heterocycles. The van der Waals surface area contributed by atoms with E-state index in [1.807, 2.05) is 12.1 Å². The Hall–Kier alpha value is -2.71. The number of fused-ring (bicyclic) bond motifs is 1. The Morgan fingerprint density at radius 3 is 2.85 bits per heavy atom. The number of ether oxygens (including phenoxy) is 1. The Bertz CT molecular complexity index is 879. The summed E-state index contributed by atoms with van der Waals surface area (Å²) >= 11 is 0. The molecule has 1 aromatic heterocycles. The number of carbonyl (C=O) groups is 1. The van der Waals surface area contributed by atoms with Crippen LogP contribution in [-0.2, 0) is 4.74 Å². The Kier molecular flexibility index (Phi) is 4.21. The second kappa shape index (κ2) is 6.54. The summed E-state index contributed by atoms with van der Waals surface area (Å²) in [6, 6.07) is 8.53. The van der Waals surface area contributed by atoms with Crippen molar-refractivity contribution in [2.24, 2.45) is 11.7 Å². The number of aryl methyl sites for hydroxylation is 1. The third-order valence-electron chi connectivity index (χ3n) is 5.00. The summed E-state index contributed by atoms with van der Waals surface area (Å²) in [6.07, 6.45) is 0. The van der Waals surface area contributed by atoms with E-state index in [9.17, 15) is 9.59 Å². The minimum Gasteiger partial charge on any atom is -0.379 e. The second-order valence-electron chi connectivity index (χ2n) is 6.81. The van der Waals surface area contributed by atoms with E-state index in [1.54, 1.807) is 24.0 Å². The lowest BCUT2D eigenvalue weighted by molar-refractivity contribution is 0.150. The molecule has 0 saturated carbocycles. The van der Waals surface area contributed by atoms with Crippen molar-refractivity contribution < 1.29 is 9.53 Å². The number of carbonyl (C=O) groups excluding carboxylic acids is 1. The van der Waals surface area contributed by atoms with Gasteiger partial charge in [-0.3, -0.25) is 4.79 Å². The Morgan fingerprint density at radius 2 is 2.12 bits per heavy atom. The molecule has 4 N–H and O–H groups in total. The number of anilines is 1. The molecule has 3 atom stereocenters. The highest BCUT2D eigenvalue weighted by molar-refractivity contribution is 5.90. The zero-order valence-electron chi connectivity index (χ0n) is 14.4. The highest BCUT2D eigenvalue weighted by Gasteiger charge is 2.45. The fourth-order valence-electron chi connectivity index (χ4n) is 3.67. The fourth-order valence-corrected chi connectivity index (χ4v) is 3.67. The van der Waals surface area contributed by atoms with Crippen LogP contribution in [0.15, 0.2) is 35.1 Å². The lowest BCUT2D eigenvalue weighted by atomic mass is 10.0. The molecule has 2 aliphatic rings. The number of likely N-dealkylation sites (tertiary alicyclic amines) is 1. The predicted octanol–water partition coefficient (Wildman–Crippen LogP) is 0.935. The van der Waals surface area contributed by atoms with Crippen molar-refractivity contribution in [2.75, 3.05) is 25.1 Å². The molecule has 2 fully saturated rings. The van der Waals surface area contributed by atoms with Gasteiger partial charge in [-0.25, -0.2) is 9.78 Å². The lowest BCUT2D eigenvalue weighted by Gasteiger charge is -2.23. The summed E-state index contributed by atoms with van der Waals surface area (Å²) in [6.45, 7) is 3.43. The molecule has 136 valence electrons. The van der Waals surface area contributed by atoms with Crippen LogP contribution in [0.4, 0.5) is 10.5 Å². The van der Waals surface area contributed by atoms with Crippen LogP contribution in [0.3, 0.4) is 0 Å². The van der Waals surface area contributed by atoms with Gasteiger partial charge in [0.15, 0.2) is 0 Å². The Morgan fingerprint density at radius 1 is 1.35 bits per heavy atom. The third kappa shape index (κ3) is 3.09. The zero-order valence-corrected chi connectivity index (χ0v) is 14.4. The molecule has 8 nitrogen and oxygen atoms in total. The molecule has 0 spiro atoms. The standard InChI is InChI=1S/C18H21N5O3/c1-10-20-15(6-17(24)21-10)11-2-4-12(5-3-11)22-18(25)23-7-14(19)13-8-26-9-16(13)23/h2-6,13-14,16H,7-9,19H2,1H3,(H,22,25)(H,20,21,24). The number of benzene rings is 1.